The van der Waals surface area contributed by atoms with Crippen LogP contribution >= 0.6 is 15.2 Å². The summed E-state index contributed by atoms with van der Waals surface area (Å²) in [4.78, 5) is 35.2. The van der Waals surface area contributed by atoms with Crippen molar-refractivity contribution in [2.45, 2.75) is 17.8 Å². The van der Waals surface area contributed by atoms with Crippen LogP contribution in [0.5, 0.6) is 5.75 Å². The van der Waals surface area contributed by atoms with Gasteiger partial charge in [0.25, 0.3) is 5.08 Å². The van der Waals surface area contributed by atoms with Gasteiger partial charge in [0.15, 0.2) is 0 Å². The van der Waals surface area contributed by atoms with Crippen LogP contribution in [-0.2, 0) is 29.3 Å². The number of halogens is 2. The van der Waals surface area contributed by atoms with Crippen LogP contribution in [0.1, 0.15) is 17.4 Å². The molecule has 0 bridgehead atoms. The maximum Gasteiger partial charge on any atom is 0.513 e. The van der Waals surface area contributed by atoms with Crippen molar-refractivity contribution in [1.29, 1.82) is 0 Å². The van der Waals surface area contributed by atoms with Gasteiger partial charge in [-0.1, -0.05) is 6.07 Å². The van der Waals surface area contributed by atoms with E-state index in [0.29, 0.717) is 12.1 Å². The second-order valence-electron chi connectivity index (χ2n) is 6.25. The average Bonchev–Trinajstić information content (AvgIpc) is 2.66. The summed E-state index contributed by atoms with van der Waals surface area (Å²) in [6.45, 7) is 0. The van der Waals surface area contributed by atoms with Crippen molar-refractivity contribution < 1.29 is 56.1 Å². The molecule has 168 valence electrons. The van der Waals surface area contributed by atoms with Gasteiger partial charge in [0.1, 0.15) is 17.4 Å². The number of methoxy groups -OCH3 is 1. The number of aliphatic hydroxyl groups is 1. The topological polar surface area (TPSA) is 162 Å². The Morgan fingerprint density at radius 1 is 1.23 bits per heavy atom. The third kappa shape index (κ3) is 4.39. The van der Waals surface area contributed by atoms with Crippen molar-refractivity contribution in [3.8, 4) is 5.75 Å². The number of rotatable bonds is 4. The second-order valence-corrected chi connectivity index (χ2v) is 10.6. The minimum atomic E-state index is -5.45. The summed E-state index contributed by atoms with van der Waals surface area (Å²) in [5.41, 5.74) is -1.08. The molecule has 1 aromatic carbocycles. The molecule has 1 fully saturated rings. The zero-order valence-corrected chi connectivity index (χ0v) is 17.3. The van der Waals surface area contributed by atoms with Gasteiger partial charge in [-0.05, 0) is 11.6 Å². The molecule has 0 saturated carbocycles. The summed E-state index contributed by atoms with van der Waals surface area (Å²) in [6.07, 6.45) is -2.13. The smallest absolute Gasteiger partial charge is 0.437 e. The standard InChI is InChI=1S/C16H15F2NO10P2/c1-26-15(20)27-10-5-11(17)13(12(18)6-10)14-28-30(22,23)16(21,31(24,25)29-14)7-9-3-2-4-19-8-9/h2-6,8,14,21H,7H2,1H3,(H,22,23)(H,24,25). The molecule has 0 aliphatic carbocycles. The number of pyridine rings is 1. The fourth-order valence-corrected chi connectivity index (χ4v) is 6.22. The van der Waals surface area contributed by atoms with E-state index in [1.54, 1.807) is 0 Å². The zero-order valence-electron chi connectivity index (χ0n) is 15.5. The van der Waals surface area contributed by atoms with E-state index in [0.717, 1.165) is 13.3 Å². The van der Waals surface area contributed by atoms with Crippen LogP contribution in [0.3, 0.4) is 0 Å². The highest BCUT2D eigenvalue weighted by Gasteiger charge is 2.67. The molecule has 3 N–H and O–H groups in total. The fraction of sp³-hybridized carbons (Fsp3) is 0.250. The third-order valence-electron chi connectivity index (χ3n) is 4.20. The first-order chi connectivity index (χ1) is 14.4. The van der Waals surface area contributed by atoms with E-state index in [9.17, 15) is 37.6 Å². The number of hydrogen-bond acceptors (Lipinski definition) is 9. The van der Waals surface area contributed by atoms with E-state index in [1.165, 1.54) is 18.3 Å². The van der Waals surface area contributed by atoms with Crippen molar-refractivity contribution in [2.24, 2.45) is 0 Å². The van der Waals surface area contributed by atoms with Crippen molar-refractivity contribution in [3.63, 3.8) is 0 Å². The molecule has 0 amide bonds. The first-order valence-corrected chi connectivity index (χ1v) is 11.4. The molecule has 3 rings (SSSR count). The molecule has 2 aromatic rings. The predicted octanol–water partition coefficient (Wildman–Crippen LogP) is 2.81. The highest BCUT2D eigenvalue weighted by molar-refractivity contribution is 7.73. The second kappa shape index (κ2) is 8.36. The number of ether oxygens (including phenoxy) is 2. The molecule has 1 aromatic heterocycles. The van der Waals surface area contributed by atoms with Crippen LogP contribution in [0.4, 0.5) is 13.6 Å². The summed E-state index contributed by atoms with van der Waals surface area (Å²) >= 11 is 0. The summed E-state index contributed by atoms with van der Waals surface area (Å²) in [5, 5.41) is 7.26. The SMILES string of the molecule is COC(=O)Oc1cc(F)c(C2OP(=O)(O)C(O)(Cc3cccnc3)P(=O)(O)O2)c(F)c1. The number of carbonyl (C=O) groups excluding carboxylic acids is 1. The van der Waals surface area contributed by atoms with Crippen molar-refractivity contribution >= 4 is 21.3 Å². The quantitative estimate of drug-likeness (QED) is 0.334. The number of nitrogens with zero attached hydrogens (tertiary/aromatic N) is 1. The van der Waals surface area contributed by atoms with Crippen LogP contribution < -0.4 is 4.74 Å². The Morgan fingerprint density at radius 3 is 2.29 bits per heavy atom. The summed E-state index contributed by atoms with van der Waals surface area (Å²) in [7, 11) is -9.93. The molecule has 1 saturated heterocycles. The Bertz CT molecular complexity index is 1050. The lowest BCUT2D eigenvalue weighted by Gasteiger charge is -2.41. The molecule has 31 heavy (non-hydrogen) atoms. The Labute approximate surface area is 173 Å². The summed E-state index contributed by atoms with van der Waals surface area (Å²) in [5.74, 6) is -3.63. The third-order valence-corrected chi connectivity index (χ3v) is 8.80. The molecule has 0 spiro atoms. The first-order valence-electron chi connectivity index (χ1n) is 8.29. The molecular weight excluding hydrogens is 466 g/mol. The van der Waals surface area contributed by atoms with Gasteiger partial charge in [0.05, 0.1) is 12.7 Å². The van der Waals surface area contributed by atoms with Crippen molar-refractivity contribution in [3.05, 3.63) is 59.4 Å². The number of hydrogen-bond donors (Lipinski definition) is 3. The normalized spacial score (nSPS) is 30.6. The largest absolute Gasteiger partial charge is 0.513 e. The van der Waals surface area contributed by atoms with Crippen molar-refractivity contribution in [2.75, 3.05) is 7.11 Å². The number of carbonyl (C=O) groups is 1. The van der Waals surface area contributed by atoms with Gasteiger partial charge >= 0.3 is 21.3 Å². The highest BCUT2D eigenvalue weighted by atomic mass is 31.2. The first kappa shape index (κ1) is 23.4. The van der Waals surface area contributed by atoms with E-state index >= 15 is 0 Å². The van der Waals surface area contributed by atoms with E-state index in [1.807, 2.05) is 0 Å². The Morgan fingerprint density at radius 2 is 1.81 bits per heavy atom. The van der Waals surface area contributed by atoms with Gasteiger partial charge in [-0.3, -0.25) is 23.2 Å². The molecular formula is C16H15F2NO10P2. The van der Waals surface area contributed by atoms with E-state index < -0.39 is 62.1 Å². The molecule has 1 aliphatic rings. The predicted molar refractivity (Wildman–Crippen MR) is 96.8 cm³/mol. The van der Waals surface area contributed by atoms with Gasteiger partial charge in [-0.15, -0.1) is 0 Å². The van der Waals surface area contributed by atoms with E-state index in [2.05, 4.69) is 23.5 Å². The van der Waals surface area contributed by atoms with Gasteiger partial charge in [0, 0.05) is 30.9 Å². The molecule has 1 aliphatic heterocycles. The zero-order chi connectivity index (χ0) is 23.0. The Balaban J connectivity index is 1.96. The fourth-order valence-electron chi connectivity index (χ4n) is 2.67. The lowest BCUT2D eigenvalue weighted by atomic mass is 10.2. The van der Waals surface area contributed by atoms with Crippen LogP contribution in [0.25, 0.3) is 0 Å². The van der Waals surface area contributed by atoms with Crippen LogP contribution in [0.2, 0.25) is 0 Å². The van der Waals surface area contributed by atoms with Crippen LogP contribution in [-0.4, -0.2) is 38.2 Å². The summed E-state index contributed by atoms with van der Waals surface area (Å²) < 4.78 is 72.2. The van der Waals surface area contributed by atoms with Gasteiger partial charge in [-0.2, -0.15) is 0 Å². The van der Waals surface area contributed by atoms with Gasteiger partial charge < -0.3 is 24.4 Å². The molecule has 2 atom stereocenters. The van der Waals surface area contributed by atoms with Gasteiger partial charge in [-0.25, -0.2) is 13.6 Å². The van der Waals surface area contributed by atoms with Gasteiger partial charge in [0.2, 0.25) is 6.29 Å². The monoisotopic (exact) mass is 481 g/mol. The van der Waals surface area contributed by atoms with E-state index in [4.69, 9.17) is 0 Å². The highest BCUT2D eigenvalue weighted by Crippen LogP contribution is 2.79. The summed E-state index contributed by atoms with van der Waals surface area (Å²) in [6, 6.07) is 3.72. The maximum absolute atomic E-state index is 14.4. The minimum absolute atomic E-state index is 0.0841. The maximum atomic E-state index is 14.4. The minimum Gasteiger partial charge on any atom is -0.437 e. The number of aromatic nitrogens is 1. The van der Waals surface area contributed by atoms with Crippen LogP contribution in [0, 0.1) is 11.6 Å². The molecule has 2 unspecified atom stereocenters. The molecule has 11 nitrogen and oxygen atoms in total. The molecule has 0 radical (unpaired) electrons. The van der Waals surface area contributed by atoms with Crippen LogP contribution in [0.15, 0.2) is 36.7 Å². The molecule has 2 heterocycles. The van der Waals surface area contributed by atoms with Crippen molar-refractivity contribution in [1.82, 2.24) is 4.98 Å². The average molecular weight is 481 g/mol. The lowest BCUT2D eigenvalue weighted by molar-refractivity contribution is -0.0614. The Hall–Kier alpha value is -2.24. The number of benzene rings is 1. The molecule has 15 heteroatoms. The lowest BCUT2D eigenvalue weighted by Crippen LogP contribution is -2.38. The Kier molecular flexibility index (Phi) is 6.32. The van der Waals surface area contributed by atoms with E-state index in [-0.39, 0.29) is 5.56 Å².